The number of fused-ring (bicyclic) bond motifs is 1. The molecule has 1 saturated heterocycles. The fourth-order valence-corrected chi connectivity index (χ4v) is 4.27. The Kier molecular flexibility index (Phi) is 4.61. The Morgan fingerprint density at radius 2 is 1.88 bits per heavy atom. The average Bonchev–Trinajstić information content (AvgIpc) is 3.38. The monoisotopic (exact) mass is 330 g/mol. The van der Waals surface area contributed by atoms with Gasteiger partial charge in [0.2, 0.25) is 0 Å². The maximum atomic E-state index is 13.1. The van der Waals surface area contributed by atoms with Crippen LogP contribution in [0.4, 0.5) is 0 Å². The van der Waals surface area contributed by atoms with Crippen LogP contribution < -0.4 is 5.32 Å². The first kappa shape index (κ1) is 16.1. The third kappa shape index (κ3) is 3.23. The molecule has 1 N–H and O–H groups in total. The second-order valence-electron chi connectivity index (χ2n) is 7.68. The Labute approximate surface area is 144 Å². The second-order valence-corrected chi connectivity index (χ2v) is 7.68. The van der Waals surface area contributed by atoms with E-state index in [1.807, 2.05) is 4.90 Å². The highest BCUT2D eigenvalue weighted by atomic mass is 16.2. The minimum atomic E-state index is 0.174. The maximum Gasteiger partial charge on any atom is 0.274 e. The minimum absolute atomic E-state index is 0.174. The van der Waals surface area contributed by atoms with E-state index in [9.17, 15) is 4.79 Å². The van der Waals surface area contributed by atoms with E-state index < -0.39 is 0 Å². The van der Waals surface area contributed by atoms with Gasteiger partial charge >= 0.3 is 0 Å². The molecule has 1 saturated carbocycles. The number of amides is 1. The molecule has 5 nitrogen and oxygen atoms in total. The van der Waals surface area contributed by atoms with E-state index in [1.165, 1.54) is 43.4 Å². The average molecular weight is 330 g/mol. The zero-order chi connectivity index (χ0) is 16.5. The van der Waals surface area contributed by atoms with Gasteiger partial charge in [-0.05, 0) is 51.9 Å². The fraction of sp³-hybridized carbons (Fsp3) is 0.789. The molecule has 1 aromatic rings. The number of aryl methyl sites for hydroxylation is 1. The zero-order valence-electron chi connectivity index (χ0n) is 14.9. The van der Waals surface area contributed by atoms with Crippen LogP contribution in [0.15, 0.2) is 0 Å². The summed E-state index contributed by atoms with van der Waals surface area (Å²) in [6, 6.07) is 1.25. The van der Waals surface area contributed by atoms with Crippen LogP contribution in [-0.4, -0.2) is 45.8 Å². The largest absolute Gasteiger partial charge is 0.337 e. The molecule has 0 bridgehead atoms. The number of hydrogen-bond acceptors (Lipinski definition) is 3. The van der Waals surface area contributed by atoms with E-state index in [2.05, 4.69) is 16.9 Å². The summed E-state index contributed by atoms with van der Waals surface area (Å²) < 4.78 is 2.08. The predicted octanol–water partition coefficient (Wildman–Crippen LogP) is 2.53. The normalized spacial score (nSPS) is 24.5. The lowest BCUT2D eigenvalue weighted by molar-refractivity contribution is 0.0753. The van der Waals surface area contributed by atoms with Crippen LogP contribution in [0.2, 0.25) is 0 Å². The molecule has 2 heterocycles. The van der Waals surface area contributed by atoms with Gasteiger partial charge in [0.1, 0.15) is 0 Å². The van der Waals surface area contributed by atoms with Gasteiger partial charge in [0, 0.05) is 43.0 Å². The van der Waals surface area contributed by atoms with Gasteiger partial charge in [0.25, 0.3) is 5.91 Å². The van der Waals surface area contributed by atoms with Crippen LogP contribution in [-0.2, 0) is 19.4 Å². The highest BCUT2D eigenvalue weighted by Gasteiger charge is 2.33. The third-order valence-electron chi connectivity index (χ3n) is 5.79. The van der Waals surface area contributed by atoms with Crippen molar-refractivity contribution in [3.63, 3.8) is 0 Å². The van der Waals surface area contributed by atoms with Gasteiger partial charge in [-0.25, -0.2) is 0 Å². The molecule has 1 amide bonds. The summed E-state index contributed by atoms with van der Waals surface area (Å²) in [5.74, 6) is 0.174. The van der Waals surface area contributed by atoms with Crippen molar-refractivity contribution in [1.82, 2.24) is 20.0 Å². The van der Waals surface area contributed by atoms with Gasteiger partial charge in [-0.2, -0.15) is 5.10 Å². The third-order valence-corrected chi connectivity index (χ3v) is 5.79. The number of carbonyl (C=O) groups excluding carboxylic acids is 1. The van der Waals surface area contributed by atoms with Gasteiger partial charge in [-0.15, -0.1) is 0 Å². The molecule has 132 valence electrons. The summed E-state index contributed by atoms with van der Waals surface area (Å²) >= 11 is 0. The van der Waals surface area contributed by atoms with E-state index in [4.69, 9.17) is 5.10 Å². The Morgan fingerprint density at radius 1 is 1.12 bits per heavy atom. The molecule has 5 heteroatoms. The highest BCUT2D eigenvalue weighted by Crippen LogP contribution is 2.29. The minimum Gasteiger partial charge on any atom is -0.337 e. The Hall–Kier alpha value is -1.36. The Morgan fingerprint density at radius 3 is 2.54 bits per heavy atom. The quantitative estimate of drug-likeness (QED) is 0.923. The summed E-state index contributed by atoms with van der Waals surface area (Å²) in [5.41, 5.74) is 3.29. The molecule has 24 heavy (non-hydrogen) atoms. The van der Waals surface area contributed by atoms with Crippen molar-refractivity contribution in [1.29, 1.82) is 0 Å². The number of aromatic nitrogens is 2. The fourth-order valence-electron chi connectivity index (χ4n) is 4.27. The van der Waals surface area contributed by atoms with Gasteiger partial charge < -0.3 is 10.2 Å². The van der Waals surface area contributed by atoms with Crippen molar-refractivity contribution >= 4 is 5.91 Å². The molecular weight excluding hydrogens is 300 g/mol. The number of nitrogens with one attached hydrogen (secondary N) is 1. The summed E-state index contributed by atoms with van der Waals surface area (Å²) in [4.78, 5) is 15.2. The summed E-state index contributed by atoms with van der Waals surface area (Å²) in [6.07, 6.45) is 10.6. The van der Waals surface area contributed by atoms with E-state index in [0.717, 1.165) is 57.1 Å². The predicted molar refractivity (Wildman–Crippen MR) is 94.2 cm³/mol. The maximum absolute atomic E-state index is 13.1. The number of rotatable bonds is 4. The number of carbonyl (C=O) groups is 1. The summed E-state index contributed by atoms with van der Waals surface area (Å²) in [5, 5.41) is 8.50. The smallest absolute Gasteiger partial charge is 0.274 e. The molecule has 2 fully saturated rings. The van der Waals surface area contributed by atoms with Gasteiger partial charge in [0.15, 0.2) is 5.69 Å². The van der Waals surface area contributed by atoms with Crippen LogP contribution in [0, 0.1) is 0 Å². The summed E-state index contributed by atoms with van der Waals surface area (Å²) in [7, 11) is 0. The highest BCUT2D eigenvalue weighted by molar-refractivity contribution is 5.94. The lowest BCUT2D eigenvalue weighted by Crippen LogP contribution is -2.37. The van der Waals surface area contributed by atoms with Crippen LogP contribution in [0.1, 0.15) is 73.6 Å². The van der Waals surface area contributed by atoms with Crippen molar-refractivity contribution in [2.24, 2.45) is 0 Å². The lowest BCUT2D eigenvalue weighted by Gasteiger charge is -2.25. The van der Waals surface area contributed by atoms with Crippen molar-refractivity contribution in [2.75, 3.05) is 13.1 Å². The van der Waals surface area contributed by atoms with E-state index in [0.29, 0.717) is 6.04 Å². The number of hydrogen-bond donors (Lipinski definition) is 1. The van der Waals surface area contributed by atoms with E-state index in [-0.39, 0.29) is 5.91 Å². The Balaban J connectivity index is 1.57. The molecule has 1 unspecified atom stereocenters. The van der Waals surface area contributed by atoms with Crippen LogP contribution in [0.5, 0.6) is 0 Å². The van der Waals surface area contributed by atoms with Crippen LogP contribution >= 0.6 is 0 Å². The van der Waals surface area contributed by atoms with Gasteiger partial charge in [-0.3, -0.25) is 9.48 Å². The number of likely N-dealkylation sites (tertiary alicyclic amines) is 1. The van der Waals surface area contributed by atoms with Gasteiger partial charge in [-0.1, -0.05) is 12.8 Å². The molecule has 3 aliphatic rings. The molecule has 0 aromatic carbocycles. The van der Waals surface area contributed by atoms with Crippen molar-refractivity contribution < 1.29 is 4.79 Å². The molecule has 1 atom stereocenters. The molecule has 0 radical (unpaired) electrons. The topological polar surface area (TPSA) is 50.2 Å². The molecule has 2 aliphatic carbocycles. The summed E-state index contributed by atoms with van der Waals surface area (Å²) in [6.45, 7) is 4.78. The van der Waals surface area contributed by atoms with E-state index >= 15 is 0 Å². The molecule has 1 aliphatic heterocycles. The van der Waals surface area contributed by atoms with Crippen LogP contribution in [0.3, 0.4) is 0 Å². The first-order valence-corrected chi connectivity index (χ1v) is 9.90. The molecule has 0 spiro atoms. The number of nitrogens with zero attached hydrogens (tertiary/aromatic N) is 3. The first-order valence-electron chi connectivity index (χ1n) is 9.90. The Bertz CT molecular complexity index is 597. The van der Waals surface area contributed by atoms with Crippen LogP contribution in [0.25, 0.3) is 0 Å². The molecule has 1 aromatic heterocycles. The molecular formula is C19H30N4O. The van der Waals surface area contributed by atoms with Crippen molar-refractivity contribution in [2.45, 2.75) is 83.3 Å². The van der Waals surface area contributed by atoms with Crippen molar-refractivity contribution in [3.05, 3.63) is 17.0 Å². The SMILES string of the molecule is CCn1nc(C(=O)N2CCCCCC2)c2c1CCC(NC1CC1)C2. The van der Waals surface area contributed by atoms with E-state index in [1.54, 1.807) is 0 Å². The first-order chi connectivity index (χ1) is 11.8. The molecule has 4 rings (SSSR count). The zero-order valence-corrected chi connectivity index (χ0v) is 14.9. The lowest BCUT2D eigenvalue weighted by atomic mass is 9.91. The second kappa shape index (κ2) is 6.87. The standard InChI is InChI=1S/C19H30N4O/c1-2-23-17-10-9-15(20-14-7-8-14)13-16(17)18(21-23)19(24)22-11-5-3-4-6-12-22/h14-15,20H,2-13H2,1H3. The van der Waals surface area contributed by atoms with Crippen molar-refractivity contribution in [3.8, 4) is 0 Å². The van der Waals surface area contributed by atoms with Gasteiger partial charge in [0.05, 0.1) is 0 Å².